The Morgan fingerprint density at radius 2 is 1.50 bits per heavy atom. The van der Waals surface area contributed by atoms with Crippen LogP contribution in [0.25, 0.3) is 0 Å². The fourth-order valence-electron chi connectivity index (χ4n) is 0.246. The molecule has 0 spiro atoms. The molecular formula is C3H8KO5S. The summed E-state index contributed by atoms with van der Waals surface area (Å²) >= 11 is 0. The standard InChI is InChI=1S/C3H8O5S.K/c4-1-3(2-5)9(6,7)8;/h3-5H,1-2H2,(H,6,7,8);. The van der Waals surface area contributed by atoms with Crippen LogP contribution in [0.4, 0.5) is 0 Å². The zero-order valence-corrected chi connectivity index (χ0v) is 9.50. The summed E-state index contributed by atoms with van der Waals surface area (Å²) in [7, 11) is -4.27. The zero-order valence-electron chi connectivity index (χ0n) is 5.56. The number of hydrogen-bond donors (Lipinski definition) is 3. The van der Waals surface area contributed by atoms with Crippen LogP contribution in [0, 0.1) is 0 Å². The van der Waals surface area contributed by atoms with Crippen molar-refractivity contribution in [1.29, 1.82) is 0 Å². The Bertz CT molecular complexity index is 160. The summed E-state index contributed by atoms with van der Waals surface area (Å²) in [5, 5.41) is 14.9. The molecular weight excluding hydrogens is 187 g/mol. The minimum absolute atomic E-state index is 0. The van der Waals surface area contributed by atoms with Gasteiger partial charge in [-0.15, -0.1) is 0 Å². The van der Waals surface area contributed by atoms with Gasteiger partial charge < -0.3 is 10.2 Å². The van der Waals surface area contributed by atoms with Crippen molar-refractivity contribution in [3.8, 4) is 0 Å². The van der Waals surface area contributed by atoms with Crippen LogP contribution in [-0.2, 0) is 10.1 Å². The number of hydrogen-bond acceptors (Lipinski definition) is 4. The van der Waals surface area contributed by atoms with E-state index in [0.29, 0.717) is 0 Å². The molecule has 0 fully saturated rings. The number of aliphatic hydroxyl groups excluding tert-OH is 2. The Morgan fingerprint density at radius 1 is 1.20 bits per heavy atom. The van der Waals surface area contributed by atoms with E-state index < -0.39 is 28.6 Å². The van der Waals surface area contributed by atoms with Gasteiger partial charge in [0.05, 0.1) is 13.2 Å². The quantitative estimate of drug-likeness (QED) is 0.352. The summed E-state index contributed by atoms with van der Waals surface area (Å²) in [6.07, 6.45) is 0. The third-order valence-corrected chi connectivity index (χ3v) is 1.97. The van der Waals surface area contributed by atoms with Crippen LogP contribution in [0.1, 0.15) is 0 Å². The van der Waals surface area contributed by atoms with E-state index in [1.165, 1.54) is 0 Å². The largest absolute Gasteiger partial charge is 0.395 e. The molecule has 0 aliphatic carbocycles. The van der Waals surface area contributed by atoms with Gasteiger partial charge in [-0.05, 0) is 0 Å². The molecule has 0 aliphatic heterocycles. The van der Waals surface area contributed by atoms with Gasteiger partial charge in [0.25, 0.3) is 10.1 Å². The van der Waals surface area contributed by atoms with Gasteiger partial charge in [0.2, 0.25) is 0 Å². The molecule has 0 saturated heterocycles. The van der Waals surface area contributed by atoms with E-state index in [0.717, 1.165) is 0 Å². The first kappa shape index (κ1) is 14.0. The summed E-state index contributed by atoms with van der Waals surface area (Å²) in [6, 6.07) is 0. The summed E-state index contributed by atoms with van der Waals surface area (Å²) in [6.45, 7) is -1.54. The van der Waals surface area contributed by atoms with Crippen LogP contribution in [0.5, 0.6) is 0 Å². The van der Waals surface area contributed by atoms with Crippen LogP contribution < -0.4 is 0 Å². The van der Waals surface area contributed by atoms with E-state index in [2.05, 4.69) is 0 Å². The maximum absolute atomic E-state index is 10.0. The molecule has 5 nitrogen and oxygen atoms in total. The van der Waals surface area contributed by atoms with Crippen molar-refractivity contribution < 1.29 is 23.2 Å². The molecule has 0 atom stereocenters. The van der Waals surface area contributed by atoms with Crippen molar-refractivity contribution in [3.05, 3.63) is 0 Å². The predicted molar refractivity (Wildman–Crippen MR) is 35.3 cm³/mol. The van der Waals surface area contributed by atoms with Crippen LogP contribution in [-0.4, -0.2) is 93.0 Å². The fraction of sp³-hybridized carbons (Fsp3) is 1.00. The molecule has 0 bridgehead atoms. The molecule has 3 N–H and O–H groups in total. The Labute approximate surface area is 102 Å². The topological polar surface area (TPSA) is 94.8 Å². The predicted octanol–water partition coefficient (Wildman–Crippen LogP) is -2.15. The van der Waals surface area contributed by atoms with Gasteiger partial charge in [-0.2, -0.15) is 8.42 Å². The molecule has 7 heteroatoms. The summed E-state index contributed by atoms with van der Waals surface area (Å²) in [5.41, 5.74) is 0. The Hall–Kier alpha value is 1.47. The molecule has 1 radical (unpaired) electrons. The van der Waals surface area contributed by atoms with E-state index in [-0.39, 0.29) is 51.4 Å². The molecule has 0 heterocycles. The molecule has 0 aromatic rings. The molecule has 0 aliphatic rings. The normalized spacial score (nSPS) is 11.2. The number of rotatable bonds is 3. The van der Waals surface area contributed by atoms with Crippen LogP contribution >= 0.6 is 0 Å². The molecule has 0 aromatic heterocycles. The van der Waals surface area contributed by atoms with Gasteiger partial charge in [0, 0.05) is 51.4 Å². The van der Waals surface area contributed by atoms with E-state index in [1.807, 2.05) is 0 Å². The van der Waals surface area contributed by atoms with Crippen LogP contribution in [0.3, 0.4) is 0 Å². The first-order valence-corrected chi connectivity index (χ1v) is 3.70. The van der Waals surface area contributed by atoms with Crippen LogP contribution in [0.2, 0.25) is 0 Å². The smallest absolute Gasteiger partial charge is 0.272 e. The van der Waals surface area contributed by atoms with E-state index in [1.54, 1.807) is 0 Å². The second-order valence-electron chi connectivity index (χ2n) is 1.50. The van der Waals surface area contributed by atoms with Gasteiger partial charge in [-0.1, -0.05) is 0 Å². The summed E-state index contributed by atoms with van der Waals surface area (Å²) in [5.74, 6) is 0. The van der Waals surface area contributed by atoms with Gasteiger partial charge in [0.15, 0.2) is 0 Å². The van der Waals surface area contributed by atoms with Crippen molar-refractivity contribution in [3.63, 3.8) is 0 Å². The Morgan fingerprint density at radius 3 is 1.50 bits per heavy atom. The minimum atomic E-state index is -4.27. The van der Waals surface area contributed by atoms with Gasteiger partial charge in [-0.25, -0.2) is 0 Å². The van der Waals surface area contributed by atoms with Crippen molar-refractivity contribution in [2.24, 2.45) is 0 Å². The second-order valence-corrected chi connectivity index (χ2v) is 3.20. The van der Waals surface area contributed by atoms with Gasteiger partial charge in [0.1, 0.15) is 5.25 Å². The first-order valence-electron chi connectivity index (χ1n) is 2.20. The third-order valence-electron chi connectivity index (χ3n) is 0.829. The SMILES string of the molecule is O=S(=O)(O)C(CO)CO.[K]. The van der Waals surface area contributed by atoms with Crippen molar-refractivity contribution in [2.75, 3.05) is 13.2 Å². The summed E-state index contributed by atoms with van der Waals surface area (Å²) < 4.78 is 28.2. The minimum Gasteiger partial charge on any atom is -0.395 e. The first-order chi connectivity index (χ1) is 4.02. The molecule has 10 heavy (non-hydrogen) atoms. The molecule has 0 amide bonds. The maximum Gasteiger partial charge on any atom is 0.272 e. The van der Waals surface area contributed by atoms with Crippen molar-refractivity contribution in [1.82, 2.24) is 0 Å². The van der Waals surface area contributed by atoms with Crippen molar-refractivity contribution >= 4 is 61.5 Å². The average Bonchev–Trinajstić information content (AvgIpc) is 1.65. The van der Waals surface area contributed by atoms with E-state index in [4.69, 9.17) is 14.8 Å². The molecule has 0 unspecified atom stereocenters. The molecule has 0 aromatic carbocycles. The van der Waals surface area contributed by atoms with E-state index >= 15 is 0 Å². The molecule has 57 valence electrons. The van der Waals surface area contributed by atoms with Crippen LogP contribution in [0.15, 0.2) is 0 Å². The fourth-order valence-corrected chi connectivity index (χ4v) is 0.623. The molecule has 0 rings (SSSR count). The average molecular weight is 195 g/mol. The number of aliphatic hydroxyl groups is 2. The summed E-state index contributed by atoms with van der Waals surface area (Å²) in [4.78, 5) is 0. The van der Waals surface area contributed by atoms with Gasteiger partial charge in [-0.3, -0.25) is 4.55 Å². The third kappa shape index (κ3) is 5.16. The maximum atomic E-state index is 10.0. The second kappa shape index (κ2) is 6.04. The monoisotopic (exact) mass is 195 g/mol. The van der Waals surface area contributed by atoms with Gasteiger partial charge >= 0.3 is 0 Å². The molecule has 0 saturated carbocycles. The zero-order chi connectivity index (χ0) is 7.49. The Balaban J connectivity index is 0. The van der Waals surface area contributed by atoms with E-state index in [9.17, 15) is 8.42 Å². The Kier molecular flexibility index (Phi) is 8.46. The van der Waals surface area contributed by atoms with Crippen molar-refractivity contribution in [2.45, 2.75) is 5.25 Å².